The second kappa shape index (κ2) is 7.10. The molecule has 0 radical (unpaired) electrons. The Labute approximate surface area is 134 Å². The van der Waals surface area contributed by atoms with Crippen molar-refractivity contribution < 1.29 is 18.8 Å². The number of aliphatic hydroxyl groups excluding tert-OH is 1. The van der Waals surface area contributed by atoms with Crippen molar-refractivity contribution in [1.82, 2.24) is 10.1 Å². The van der Waals surface area contributed by atoms with Gasteiger partial charge < -0.3 is 14.4 Å². The molecule has 2 unspecified atom stereocenters. The van der Waals surface area contributed by atoms with E-state index in [1.165, 1.54) is 12.1 Å². The van der Waals surface area contributed by atoms with Crippen LogP contribution in [0.4, 0.5) is 4.39 Å². The maximum absolute atomic E-state index is 12.8. The van der Waals surface area contributed by atoms with Crippen molar-refractivity contribution in [3.05, 3.63) is 47.6 Å². The number of halogens is 1. The van der Waals surface area contributed by atoms with Crippen LogP contribution in [-0.2, 0) is 0 Å². The molecular weight excluding hydrogens is 299 g/mol. The van der Waals surface area contributed by atoms with Crippen molar-refractivity contribution >= 4 is 0 Å². The topological polar surface area (TPSA) is 58.7 Å². The molecule has 1 saturated heterocycles. The summed E-state index contributed by atoms with van der Waals surface area (Å²) in [5, 5.41) is 14.3. The Morgan fingerprint density at radius 2 is 2.22 bits per heavy atom. The second-order valence-corrected chi connectivity index (χ2v) is 5.93. The first-order valence-electron chi connectivity index (χ1n) is 7.85. The van der Waals surface area contributed by atoms with Crippen LogP contribution in [0.1, 0.15) is 30.3 Å². The van der Waals surface area contributed by atoms with E-state index in [9.17, 15) is 9.50 Å². The zero-order chi connectivity index (χ0) is 16.2. The van der Waals surface area contributed by atoms with E-state index >= 15 is 0 Å². The molecule has 5 nitrogen and oxygen atoms in total. The molecule has 2 aromatic rings. The monoisotopic (exact) mass is 320 g/mol. The molecule has 1 fully saturated rings. The third kappa shape index (κ3) is 4.09. The molecule has 0 spiro atoms. The molecule has 23 heavy (non-hydrogen) atoms. The Bertz CT molecular complexity index is 629. The van der Waals surface area contributed by atoms with Gasteiger partial charge >= 0.3 is 0 Å². The molecule has 124 valence electrons. The summed E-state index contributed by atoms with van der Waals surface area (Å²) in [7, 11) is 0. The molecule has 2 atom stereocenters. The molecule has 0 saturated carbocycles. The molecule has 6 heteroatoms. The lowest BCUT2D eigenvalue weighted by Gasteiger charge is -2.25. The van der Waals surface area contributed by atoms with Gasteiger partial charge in [0.2, 0.25) is 0 Å². The van der Waals surface area contributed by atoms with Crippen LogP contribution < -0.4 is 4.74 Å². The average molecular weight is 320 g/mol. The Balaban J connectivity index is 1.52. The summed E-state index contributed by atoms with van der Waals surface area (Å²) in [6, 6.07) is 7.92. The number of aliphatic hydroxyl groups is 1. The van der Waals surface area contributed by atoms with Gasteiger partial charge in [0.25, 0.3) is 0 Å². The first kappa shape index (κ1) is 16.0. The number of likely N-dealkylation sites (tertiary alicyclic amines) is 1. The standard InChI is InChI=1S/C17H21FN2O3/c1-12-9-16(19-23-12)17-3-2-8-20(17)10-14(21)11-22-15-6-4-13(18)5-7-15/h4-7,9,14,17,21H,2-3,8,10-11H2,1H3. The lowest BCUT2D eigenvalue weighted by Crippen LogP contribution is -2.35. The Morgan fingerprint density at radius 3 is 2.91 bits per heavy atom. The fraction of sp³-hybridized carbons (Fsp3) is 0.471. The summed E-state index contributed by atoms with van der Waals surface area (Å²) < 4.78 is 23.5. The molecule has 1 aromatic carbocycles. The maximum atomic E-state index is 12.8. The van der Waals surface area contributed by atoms with Gasteiger partial charge in [-0.2, -0.15) is 0 Å². The lowest BCUT2D eigenvalue weighted by molar-refractivity contribution is 0.0628. The summed E-state index contributed by atoms with van der Waals surface area (Å²) in [5.74, 6) is 1.04. The molecule has 0 amide bonds. The fourth-order valence-corrected chi connectivity index (χ4v) is 2.97. The van der Waals surface area contributed by atoms with Gasteiger partial charge in [-0.25, -0.2) is 4.39 Å². The van der Waals surface area contributed by atoms with Gasteiger partial charge in [-0.1, -0.05) is 5.16 Å². The van der Waals surface area contributed by atoms with Crippen LogP contribution in [0.25, 0.3) is 0 Å². The normalized spacial score (nSPS) is 19.9. The minimum absolute atomic E-state index is 0.173. The lowest BCUT2D eigenvalue weighted by atomic mass is 10.1. The van der Waals surface area contributed by atoms with Crippen molar-refractivity contribution in [3.63, 3.8) is 0 Å². The van der Waals surface area contributed by atoms with Gasteiger partial charge in [-0.3, -0.25) is 4.90 Å². The molecular formula is C17H21FN2O3. The molecule has 0 bridgehead atoms. The van der Waals surface area contributed by atoms with Crippen molar-refractivity contribution in [1.29, 1.82) is 0 Å². The SMILES string of the molecule is Cc1cc(C2CCCN2CC(O)COc2ccc(F)cc2)no1. The summed E-state index contributed by atoms with van der Waals surface area (Å²) in [6.45, 7) is 3.48. The second-order valence-electron chi connectivity index (χ2n) is 5.93. The van der Waals surface area contributed by atoms with Crippen molar-refractivity contribution in [2.24, 2.45) is 0 Å². The van der Waals surface area contributed by atoms with Gasteiger partial charge in [-0.15, -0.1) is 0 Å². The van der Waals surface area contributed by atoms with Gasteiger partial charge in [0, 0.05) is 12.6 Å². The van der Waals surface area contributed by atoms with E-state index in [0.29, 0.717) is 12.3 Å². The molecule has 1 aromatic heterocycles. The Morgan fingerprint density at radius 1 is 1.43 bits per heavy atom. The number of ether oxygens (including phenoxy) is 1. The van der Waals surface area contributed by atoms with E-state index in [4.69, 9.17) is 9.26 Å². The van der Waals surface area contributed by atoms with Crippen molar-refractivity contribution in [2.45, 2.75) is 31.9 Å². The zero-order valence-electron chi connectivity index (χ0n) is 13.1. The van der Waals surface area contributed by atoms with Gasteiger partial charge in [0.15, 0.2) is 0 Å². The minimum Gasteiger partial charge on any atom is -0.491 e. The highest BCUT2D eigenvalue weighted by Gasteiger charge is 2.29. The van der Waals surface area contributed by atoms with Crippen molar-refractivity contribution in [3.8, 4) is 5.75 Å². The van der Waals surface area contributed by atoms with E-state index in [2.05, 4.69) is 10.1 Å². The zero-order valence-corrected chi connectivity index (χ0v) is 13.1. The van der Waals surface area contributed by atoms with Gasteiger partial charge in [0.05, 0.1) is 6.04 Å². The van der Waals surface area contributed by atoms with E-state index in [-0.39, 0.29) is 18.5 Å². The van der Waals surface area contributed by atoms with Crippen LogP contribution in [-0.4, -0.2) is 41.0 Å². The third-order valence-electron chi connectivity index (χ3n) is 4.05. The Hall–Kier alpha value is -1.92. The largest absolute Gasteiger partial charge is 0.491 e. The minimum atomic E-state index is -0.617. The van der Waals surface area contributed by atoms with E-state index in [1.807, 2.05) is 13.0 Å². The average Bonchev–Trinajstić information content (AvgIpc) is 3.15. The maximum Gasteiger partial charge on any atom is 0.133 e. The quantitative estimate of drug-likeness (QED) is 0.887. The van der Waals surface area contributed by atoms with Crippen LogP contribution in [0.3, 0.4) is 0 Å². The van der Waals surface area contributed by atoms with E-state index < -0.39 is 6.10 Å². The van der Waals surface area contributed by atoms with Crippen molar-refractivity contribution in [2.75, 3.05) is 19.7 Å². The molecule has 1 aliphatic heterocycles. The summed E-state index contributed by atoms with van der Waals surface area (Å²) in [4.78, 5) is 2.20. The van der Waals surface area contributed by atoms with Gasteiger partial charge in [0.1, 0.15) is 35.7 Å². The highest BCUT2D eigenvalue weighted by atomic mass is 19.1. The number of rotatable bonds is 6. The summed E-state index contributed by atoms with van der Waals surface area (Å²) in [5.41, 5.74) is 0.923. The fourth-order valence-electron chi connectivity index (χ4n) is 2.97. The number of nitrogens with zero attached hydrogens (tertiary/aromatic N) is 2. The number of hydrogen-bond donors (Lipinski definition) is 1. The molecule has 3 rings (SSSR count). The Kier molecular flexibility index (Phi) is 4.93. The van der Waals surface area contributed by atoms with Crippen LogP contribution in [0.5, 0.6) is 5.75 Å². The summed E-state index contributed by atoms with van der Waals surface area (Å²) >= 11 is 0. The van der Waals surface area contributed by atoms with Gasteiger partial charge in [-0.05, 0) is 50.6 Å². The van der Waals surface area contributed by atoms with Crippen LogP contribution >= 0.6 is 0 Å². The molecule has 1 N–H and O–H groups in total. The third-order valence-corrected chi connectivity index (χ3v) is 4.05. The highest BCUT2D eigenvalue weighted by Crippen LogP contribution is 2.31. The first-order valence-corrected chi connectivity index (χ1v) is 7.85. The number of aryl methyl sites for hydroxylation is 1. The first-order chi connectivity index (χ1) is 11.1. The van der Waals surface area contributed by atoms with Crippen LogP contribution in [0, 0.1) is 12.7 Å². The number of β-amino-alcohol motifs (C(OH)–C–C–N with tert-alkyl or cyclic N) is 1. The predicted octanol–water partition coefficient (Wildman–Crippen LogP) is 2.70. The van der Waals surface area contributed by atoms with E-state index in [0.717, 1.165) is 30.8 Å². The molecule has 1 aliphatic rings. The number of aromatic nitrogens is 1. The number of hydrogen-bond acceptors (Lipinski definition) is 5. The predicted molar refractivity (Wildman–Crippen MR) is 82.7 cm³/mol. The number of benzene rings is 1. The molecule has 0 aliphatic carbocycles. The van der Waals surface area contributed by atoms with Crippen LogP contribution in [0.2, 0.25) is 0 Å². The van der Waals surface area contributed by atoms with Crippen LogP contribution in [0.15, 0.2) is 34.9 Å². The molecule has 2 heterocycles. The van der Waals surface area contributed by atoms with E-state index in [1.54, 1.807) is 12.1 Å². The summed E-state index contributed by atoms with van der Waals surface area (Å²) in [6.07, 6.45) is 1.47. The smallest absolute Gasteiger partial charge is 0.133 e. The highest BCUT2D eigenvalue weighted by molar-refractivity contribution is 5.22.